The van der Waals surface area contributed by atoms with E-state index in [2.05, 4.69) is 115 Å². The van der Waals surface area contributed by atoms with Crippen molar-refractivity contribution in [1.29, 1.82) is 0 Å². The molecule has 1 amide bonds. The van der Waals surface area contributed by atoms with E-state index in [1.54, 1.807) is 0 Å². The number of hydrazine groups is 1. The van der Waals surface area contributed by atoms with Crippen LogP contribution in [0.3, 0.4) is 0 Å². The van der Waals surface area contributed by atoms with Crippen LogP contribution in [0.2, 0.25) is 0 Å². The predicted octanol–water partition coefficient (Wildman–Crippen LogP) is 5.11. The number of rotatable bonds is 6. The van der Waals surface area contributed by atoms with E-state index in [1.807, 2.05) is 0 Å². The monoisotopic (exact) mass is 470 g/mol. The summed E-state index contributed by atoms with van der Waals surface area (Å²) >= 11 is 0. The zero-order valence-electron chi connectivity index (χ0n) is 21.5. The third-order valence-electron chi connectivity index (χ3n) is 7.80. The van der Waals surface area contributed by atoms with Crippen molar-refractivity contribution in [2.45, 2.75) is 64.2 Å². The van der Waals surface area contributed by atoms with Crippen LogP contribution >= 0.6 is 0 Å². The van der Waals surface area contributed by atoms with Gasteiger partial charge in [-0.05, 0) is 81.5 Å². The molecule has 0 N–H and O–H groups in total. The summed E-state index contributed by atoms with van der Waals surface area (Å²) in [6.45, 7) is 5.29. The van der Waals surface area contributed by atoms with E-state index >= 15 is 0 Å². The molecule has 1 aliphatic carbocycles. The molecule has 3 aliphatic rings. The molecule has 0 aromatic heterocycles. The molecule has 5 rings (SSSR count). The molecule has 2 atom stereocenters. The van der Waals surface area contributed by atoms with Gasteiger partial charge in [0.15, 0.2) is 0 Å². The van der Waals surface area contributed by atoms with Crippen LogP contribution in [0.5, 0.6) is 0 Å². The van der Waals surface area contributed by atoms with Crippen LogP contribution in [0, 0.1) is 0 Å². The van der Waals surface area contributed by atoms with Crippen molar-refractivity contribution in [3.05, 3.63) is 94.8 Å². The Kier molecular flexibility index (Phi) is 6.81. The van der Waals surface area contributed by atoms with Gasteiger partial charge in [0.05, 0.1) is 6.04 Å². The second-order valence-electron chi connectivity index (χ2n) is 10.3. The Labute approximate surface area is 210 Å². The fourth-order valence-electron chi connectivity index (χ4n) is 5.85. The number of amides is 1. The average Bonchev–Trinajstić information content (AvgIpc) is 3.04. The van der Waals surface area contributed by atoms with Crippen molar-refractivity contribution >= 4 is 5.91 Å². The molecule has 2 aliphatic heterocycles. The van der Waals surface area contributed by atoms with Gasteiger partial charge in [-0.15, -0.1) is 0 Å². The highest BCUT2D eigenvalue weighted by molar-refractivity contribution is 5.94. The number of nitrogens with zero attached hydrogens (tertiary/aromatic N) is 4. The summed E-state index contributed by atoms with van der Waals surface area (Å²) in [5.41, 5.74) is 6.29. The van der Waals surface area contributed by atoms with Gasteiger partial charge >= 0.3 is 0 Å². The largest absolute Gasteiger partial charge is 0.317 e. The highest BCUT2D eigenvalue weighted by Gasteiger charge is 2.47. The maximum atomic E-state index is 13.9. The molecule has 2 aromatic carbocycles. The summed E-state index contributed by atoms with van der Waals surface area (Å²) in [5, 5.41) is 4.69. The zero-order chi connectivity index (χ0) is 24.5. The Morgan fingerprint density at radius 1 is 1.00 bits per heavy atom. The third kappa shape index (κ3) is 4.32. The molecular formula is C30H38N4O. The quantitative estimate of drug-likeness (QED) is 0.587. The van der Waals surface area contributed by atoms with E-state index < -0.39 is 0 Å². The molecule has 0 radical (unpaired) electrons. The zero-order valence-corrected chi connectivity index (χ0v) is 21.5. The van der Waals surface area contributed by atoms with Crippen molar-refractivity contribution in [3.63, 3.8) is 0 Å². The van der Waals surface area contributed by atoms with Gasteiger partial charge in [-0.3, -0.25) is 9.80 Å². The summed E-state index contributed by atoms with van der Waals surface area (Å²) in [7, 11) is 4.23. The molecule has 5 nitrogen and oxygen atoms in total. The molecule has 35 heavy (non-hydrogen) atoms. The topological polar surface area (TPSA) is 30.0 Å². The molecule has 2 aromatic rings. The summed E-state index contributed by atoms with van der Waals surface area (Å²) < 4.78 is 0. The van der Waals surface area contributed by atoms with E-state index in [4.69, 9.17) is 0 Å². The van der Waals surface area contributed by atoms with Crippen molar-refractivity contribution in [2.24, 2.45) is 0 Å². The van der Waals surface area contributed by atoms with Crippen LogP contribution in [0.15, 0.2) is 72.6 Å². The normalized spacial score (nSPS) is 21.3. The number of hydrogen-bond acceptors (Lipinski definition) is 4. The van der Waals surface area contributed by atoms with Gasteiger partial charge in [0.1, 0.15) is 11.9 Å². The highest BCUT2D eigenvalue weighted by Crippen LogP contribution is 2.44. The van der Waals surface area contributed by atoms with E-state index in [-0.39, 0.29) is 24.2 Å². The minimum atomic E-state index is -0.0519. The molecule has 0 bridgehead atoms. The fraction of sp³-hybridized carbons (Fsp3) is 0.433. The first kappa shape index (κ1) is 23.8. The van der Waals surface area contributed by atoms with E-state index in [0.29, 0.717) is 0 Å². The lowest BCUT2D eigenvalue weighted by atomic mass is 9.92. The molecule has 1 saturated heterocycles. The number of carbonyl (C=O) groups excluding carboxylic acids is 1. The van der Waals surface area contributed by atoms with Crippen LogP contribution < -0.4 is 0 Å². The van der Waals surface area contributed by atoms with E-state index in [1.165, 1.54) is 22.3 Å². The minimum Gasteiger partial charge on any atom is -0.317 e. The van der Waals surface area contributed by atoms with Crippen LogP contribution in [0.4, 0.5) is 0 Å². The van der Waals surface area contributed by atoms with Gasteiger partial charge < -0.3 is 9.80 Å². The van der Waals surface area contributed by atoms with E-state index in [0.717, 1.165) is 44.3 Å². The molecule has 0 spiro atoms. The van der Waals surface area contributed by atoms with Gasteiger partial charge in [-0.1, -0.05) is 61.5 Å². The lowest BCUT2D eigenvalue weighted by Crippen LogP contribution is -2.66. The van der Waals surface area contributed by atoms with Crippen LogP contribution in [0.25, 0.3) is 0 Å². The Balaban J connectivity index is 1.73. The number of carbonyl (C=O) groups is 1. The number of aryl methyl sites for hydroxylation is 2. The van der Waals surface area contributed by atoms with Crippen molar-refractivity contribution in [1.82, 2.24) is 19.8 Å². The lowest BCUT2D eigenvalue weighted by molar-refractivity contribution is -0.172. The second kappa shape index (κ2) is 10.00. The predicted molar refractivity (Wildman–Crippen MR) is 141 cm³/mol. The van der Waals surface area contributed by atoms with Gasteiger partial charge in [-0.25, -0.2) is 0 Å². The van der Waals surface area contributed by atoms with Gasteiger partial charge in [0, 0.05) is 18.8 Å². The van der Waals surface area contributed by atoms with Crippen LogP contribution in [-0.4, -0.2) is 58.6 Å². The highest BCUT2D eigenvalue weighted by atomic mass is 16.2. The summed E-state index contributed by atoms with van der Waals surface area (Å²) in [5.74, 6) is 0.152. The second-order valence-corrected chi connectivity index (χ2v) is 10.3. The molecule has 184 valence electrons. The first-order valence-corrected chi connectivity index (χ1v) is 13.1. The Morgan fingerprint density at radius 3 is 2.23 bits per heavy atom. The summed E-state index contributed by atoms with van der Waals surface area (Å²) in [6.07, 6.45) is 11.0. The molecular weight excluding hydrogens is 432 g/mol. The number of allylic oxidation sites excluding steroid dienone is 2. The minimum absolute atomic E-state index is 0.0304. The first-order chi connectivity index (χ1) is 17.0. The average molecular weight is 471 g/mol. The number of fused-ring (bicyclic) bond motifs is 3. The number of benzene rings is 2. The SMILES string of the molecule is CCC(C)N1C(=O)C2=CCC=CN2N(C2c3ccccc3CCc3ccccc32)C1CCN(C)C. The molecule has 2 unspecified atom stereocenters. The smallest absolute Gasteiger partial charge is 0.273 e. The van der Waals surface area contributed by atoms with Crippen molar-refractivity contribution in [3.8, 4) is 0 Å². The third-order valence-corrected chi connectivity index (χ3v) is 7.80. The molecule has 5 heteroatoms. The van der Waals surface area contributed by atoms with E-state index in [9.17, 15) is 4.79 Å². The maximum absolute atomic E-state index is 13.9. The first-order valence-electron chi connectivity index (χ1n) is 13.1. The van der Waals surface area contributed by atoms with Crippen LogP contribution in [-0.2, 0) is 17.6 Å². The fourth-order valence-corrected chi connectivity index (χ4v) is 5.85. The standard InChI is InChI=1S/C30H38N4O/c1-5-22(2)33-28(19-21-31(3)4)34(32-20-11-10-16-27(32)30(33)35)29-25-14-8-6-12-23(25)17-18-24-13-7-9-15-26(24)29/h6-9,11-16,20,22,28-29H,5,10,17-19,21H2,1-4H3. The lowest BCUT2D eigenvalue weighted by Gasteiger charge is -2.55. The van der Waals surface area contributed by atoms with Gasteiger partial charge in [-0.2, -0.15) is 5.01 Å². The van der Waals surface area contributed by atoms with Gasteiger partial charge in [0.25, 0.3) is 5.91 Å². The number of hydrogen-bond donors (Lipinski definition) is 0. The maximum Gasteiger partial charge on any atom is 0.273 e. The van der Waals surface area contributed by atoms with Crippen molar-refractivity contribution in [2.75, 3.05) is 20.6 Å². The summed E-state index contributed by atoms with van der Waals surface area (Å²) in [6, 6.07) is 18.0. The van der Waals surface area contributed by atoms with Crippen LogP contribution in [0.1, 0.15) is 61.4 Å². The van der Waals surface area contributed by atoms with Gasteiger partial charge in [0.2, 0.25) is 0 Å². The molecule has 1 fully saturated rings. The molecule has 2 heterocycles. The summed E-state index contributed by atoms with van der Waals surface area (Å²) in [4.78, 5) is 18.3. The Hall–Kier alpha value is -2.89. The Morgan fingerprint density at radius 2 is 1.63 bits per heavy atom. The van der Waals surface area contributed by atoms with Crippen molar-refractivity contribution < 1.29 is 4.79 Å². The Bertz CT molecular complexity index is 1090. The molecule has 0 saturated carbocycles.